The molecule has 10 heteroatoms. The number of hydroxylamine groups is 2. The molecule has 0 radical (unpaired) electrons. The maximum Gasteiger partial charge on any atom is 0.416 e. The van der Waals surface area contributed by atoms with Crippen molar-refractivity contribution in [3.05, 3.63) is 101 Å². The van der Waals surface area contributed by atoms with Crippen LogP contribution in [0, 0.1) is 0 Å². The second-order valence-electron chi connectivity index (χ2n) is 8.24. The third-order valence-electron chi connectivity index (χ3n) is 5.76. The number of nitrogens with zero attached hydrogens (tertiary/aromatic N) is 1. The molecule has 1 fully saturated rings. The molecule has 4 rings (SSSR count). The SMILES string of the molecule is CN1OC[C@H](S(=O)(=O)NCc2cccc(C(F)(F)F)c2)[C@@H]1c1cccc(OCc2ccccc2)c1. The average molecular weight is 507 g/mol. The van der Waals surface area contributed by atoms with Gasteiger partial charge in [0.25, 0.3) is 0 Å². The van der Waals surface area contributed by atoms with Gasteiger partial charge < -0.3 is 4.74 Å². The van der Waals surface area contributed by atoms with Crippen molar-refractivity contribution in [3.63, 3.8) is 0 Å². The summed E-state index contributed by atoms with van der Waals surface area (Å²) >= 11 is 0. The summed E-state index contributed by atoms with van der Waals surface area (Å²) in [5.74, 6) is 0.583. The molecule has 2 atom stereocenters. The molecule has 186 valence electrons. The smallest absolute Gasteiger partial charge is 0.416 e. The number of sulfonamides is 1. The second kappa shape index (κ2) is 10.4. The Morgan fingerprint density at radius 3 is 2.46 bits per heavy atom. The van der Waals surface area contributed by atoms with E-state index in [0.29, 0.717) is 17.9 Å². The monoisotopic (exact) mass is 506 g/mol. The Hall–Kier alpha value is -2.92. The van der Waals surface area contributed by atoms with Gasteiger partial charge in [0, 0.05) is 13.6 Å². The lowest BCUT2D eigenvalue weighted by Crippen LogP contribution is -2.39. The van der Waals surface area contributed by atoms with Crippen molar-refractivity contribution in [1.29, 1.82) is 0 Å². The zero-order valence-corrected chi connectivity index (χ0v) is 19.7. The average Bonchev–Trinajstić information content (AvgIpc) is 3.24. The fourth-order valence-electron chi connectivity index (χ4n) is 3.96. The van der Waals surface area contributed by atoms with Gasteiger partial charge in [-0.15, -0.1) is 0 Å². The Labute approximate surface area is 202 Å². The highest BCUT2D eigenvalue weighted by molar-refractivity contribution is 7.90. The standard InChI is InChI=1S/C25H25F3N2O4S/c1-30-24(20-10-6-12-22(14-20)33-16-18-7-3-2-4-8-18)23(17-34-30)35(31,32)29-15-19-9-5-11-21(13-19)25(26,27)28/h2-14,23-24,29H,15-17H2,1H3/t23-,24-/m0/s1. The maximum atomic E-state index is 13.1. The highest BCUT2D eigenvalue weighted by Gasteiger charge is 2.43. The number of halogens is 3. The molecule has 0 aliphatic carbocycles. The minimum Gasteiger partial charge on any atom is -0.489 e. The third-order valence-corrected chi connectivity index (χ3v) is 7.50. The first-order valence-corrected chi connectivity index (χ1v) is 12.5. The van der Waals surface area contributed by atoms with E-state index in [9.17, 15) is 21.6 Å². The lowest BCUT2D eigenvalue weighted by Gasteiger charge is -2.23. The predicted octanol–water partition coefficient (Wildman–Crippen LogP) is 4.69. The topological polar surface area (TPSA) is 67.9 Å². The summed E-state index contributed by atoms with van der Waals surface area (Å²) < 4.78 is 73.6. The summed E-state index contributed by atoms with van der Waals surface area (Å²) in [6.07, 6.45) is -4.50. The molecule has 0 aromatic heterocycles. The van der Waals surface area contributed by atoms with Gasteiger partial charge in [0.2, 0.25) is 10.0 Å². The van der Waals surface area contributed by atoms with Crippen molar-refractivity contribution in [1.82, 2.24) is 9.79 Å². The first-order valence-electron chi connectivity index (χ1n) is 10.9. The number of benzene rings is 3. The fraction of sp³-hybridized carbons (Fsp3) is 0.280. The molecule has 1 saturated heterocycles. The van der Waals surface area contributed by atoms with Crippen LogP contribution in [0.1, 0.15) is 28.3 Å². The van der Waals surface area contributed by atoms with Crippen molar-refractivity contribution < 1.29 is 31.2 Å². The van der Waals surface area contributed by atoms with Crippen molar-refractivity contribution in [3.8, 4) is 5.75 Å². The zero-order chi connectivity index (χ0) is 25.1. The molecule has 0 amide bonds. The second-order valence-corrected chi connectivity index (χ2v) is 10.2. The molecule has 0 spiro atoms. The van der Waals surface area contributed by atoms with Gasteiger partial charge in [-0.25, -0.2) is 13.1 Å². The van der Waals surface area contributed by atoms with E-state index >= 15 is 0 Å². The first-order chi connectivity index (χ1) is 16.6. The third kappa shape index (κ3) is 6.21. The highest BCUT2D eigenvalue weighted by Crippen LogP contribution is 2.35. The Morgan fingerprint density at radius 2 is 1.71 bits per heavy atom. The minimum absolute atomic E-state index is 0.0891. The van der Waals surface area contributed by atoms with Gasteiger partial charge in [-0.1, -0.05) is 60.7 Å². The molecule has 0 bridgehead atoms. The Bertz CT molecular complexity index is 1250. The quantitative estimate of drug-likeness (QED) is 0.480. The molecule has 1 aliphatic heterocycles. The number of alkyl halides is 3. The molecule has 1 aliphatic rings. The van der Waals surface area contributed by atoms with Gasteiger partial charge in [0.05, 0.1) is 18.2 Å². The van der Waals surface area contributed by atoms with Gasteiger partial charge >= 0.3 is 6.18 Å². The molecular formula is C25H25F3N2O4S. The van der Waals surface area contributed by atoms with Crippen LogP contribution in [0.2, 0.25) is 0 Å². The molecule has 1 N–H and O–H groups in total. The molecule has 1 heterocycles. The number of nitrogens with one attached hydrogen (secondary N) is 1. The maximum absolute atomic E-state index is 13.1. The van der Waals surface area contributed by atoms with E-state index in [4.69, 9.17) is 9.57 Å². The molecule has 0 saturated carbocycles. The van der Waals surface area contributed by atoms with E-state index in [2.05, 4.69) is 4.72 Å². The highest BCUT2D eigenvalue weighted by atomic mass is 32.2. The molecule has 3 aromatic carbocycles. The van der Waals surface area contributed by atoms with Crippen LogP contribution >= 0.6 is 0 Å². The molecule has 0 unspecified atom stereocenters. The van der Waals surface area contributed by atoms with Gasteiger partial charge in [0.1, 0.15) is 17.6 Å². The van der Waals surface area contributed by atoms with Crippen LogP contribution in [0.5, 0.6) is 5.75 Å². The lowest BCUT2D eigenvalue weighted by molar-refractivity contribution is -0.137. The molecule has 3 aromatic rings. The van der Waals surface area contributed by atoms with E-state index in [-0.39, 0.29) is 18.7 Å². The molecule has 6 nitrogen and oxygen atoms in total. The van der Waals surface area contributed by atoms with Crippen molar-refractivity contribution in [2.75, 3.05) is 13.7 Å². The van der Waals surface area contributed by atoms with E-state index in [1.54, 1.807) is 31.3 Å². The van der Waals surface area contributed by atoms with Gasteiger partial charge in [-0.05, 0) is 34.9 Å². The number of ether oxygens (including phenoxy) is 1. The summed E-state index contributed by atoms with van der Waals surface area (Å²) in [4.78, 5) is 5.53. The fourth-order valence-corrected chi connectivity index (χ4v) is 5.45. The van der Waals surface area contributed by atoms with Crippen molar-refractivity contribution >= 4 is 10.0 Å². The molecular weight excluding hydrogens is 481 g/mol. The number of hydrogen-bond donors (Lipinski definition) is 1. The van der Waals surface area contributed by atoms with Crippen molar-refractivity contribution in [2.45, 2.75) is 30.6 Å². The lowest BCUT2D eigenvalue weighted by atomic mass is 10.0. The summed E-state index contributed by atoms with van der Waals surface area (Å²) in [7, 11) is -2.30. The number of rotatable bonds is 8. The van der Waals surface area contributed by atoms with Crippen LogP contribution in [-0.4, -0.2) is 32.4 Å². The van der Waals surface area contributed by atoms with Crippen LogP contribution in [0.15, 0.2) is 78.9 Å². The predicted molar refractivity (Wildman–Crippen MR) is 125 cm³/mol. The van der Waals surface area contributed by atoms with Gasteiger partial charge in [-0.3, -0.25) is 4.84 Å². The van der Waals surface area contributed by atoms with Gasteiger partial charge in [-0.2, -0.15) is 18.2 Å². The summed E-state index contributed by atoms with van der Waals surface area (Å²) in [6, 6.07) is 20.7. The van der Waals surface area contributed by atoms with Crippen LogP contribution in [0.3, 0.4) is 0 Å². The van der Waals surface area contributed by atoms with E-state index < -0.39 is 33.1 Å². The summed E-state index contributed by atoms with van der Waals surface area (Å²) in [6.45, 7) is 0.00910. The first kappa shape index (κ1) is 25.2. The number of hydrogen-bond acceptors (Lipinski definition) is 5. The normalized spacial score (nSPS) is 19.1. The minimum atomic E-state index is -4.50. The van der Waals surface area contributed by atoms with E-state index in [0.717, 1.165) is 17.7 Å². The van der Waals surface area contributed by atoms with Crippen LogP contribution in [0.25, 0.3) is 0 Å². The van der Waals surface area contributed by atoms with Crippen LogP contribution < -0.4 is 9.46 Å². The Kier molecular flexibility index (Phi) is 7.46. The van der Waals surface area contributed by atoms with E-state index in [1.165, 1.54) is 17.2 Å². The van der Waals surface area contributed by atoms with Crippen LogP contribution in [-0.2, 0) is 34.2 Å². The van der Waals surface area contributed by atoms with Gasteiger partial charge in [0.15, 0.2) is 0 Å². The Morgan fingerprint density at radius 1 is 1.00 bits per heavy atom. The summed E-state index contributed by atoms with van der Waals surface area (Å²) in [5, 5.41) is 0.507. The summed E-state index contributed by atoms with van der Waals surface area (Å²) in [5.41, 5.74) is 1.07. The van der Waals surface area contributed by atoms with Crippen molar-refractivity contribution in [2.24, 2.45) is 0 Å². The van der Waals surface area contributed by atoms with E-state index in [1.807, 2.05) is 30.3 Å². The Balaban J connectivity index is 1.48. The van der Waals surface area contributed by atoms with Crippen LogP contribution in [0.4, 0.5) is 13.2 Å². The molecule has 35 heavy (non-hydrogen) atoms. The zero-order valence-electron chi connectivity index (χ0n) is 18.9. The largest absolute Gasteiger partial charge is 0.489 e.